The lowest BCUT2D eigenvalue weighted by atomic mass is 9.95. The Morgan fingerprint density at radius 3 is 1.80 bits per heavy atom. The molecule has 9 atom stereocenters. The summed E-state index contributed by atoms with van der Waals surface area (Å²) in [7, 11) is 0. The smallest absolute Gasteiger partial charge is 0.187 e. The third kappa shape index (κ3) is 0.848. The number of ether oxygens (including phenoxy) is 4. The number of hydrogen-bond donors (Lipinski definition) is 0. The number of hydrogen-bond acceptors (Lipinski definition) is 4. The molecule has 82 valence electrons. The third-order valence-electron chi connectivity index (χ3n) is 4.73. The van der Waals surface area contributed by atoms with Crippen LogP contribution in [0.15, 0.2) is 0 Å². The Hall–Kier alpha value is -0.160. The molecule has 4 nitrogen and oxygen atoms in total. The molecular weight excluding hydrogens is 196 g/mol. The van der Waals surface area contributed by atoms with E-state index in [9.17, 15) is 0 Å². The minimum Gasteiger partial charge on any atom is -0.369 e. The molecule has 3 aliphatic heterocycles. The summed E-state index contributed by atoms with van der Waals surface area (Å²) in [6.45, 7) is 2.07. The van der Waals surface area contributed by atoms with Gasteiger partial charge in [-0.3, -0.25) is 0 Å². The van der Waals surface area contributed by atoms with Gasteiger partial charge < -0.3 is 18.9 Å². The van der Waals surface area contributed by atoms with Crippen LogP contribution in [0.25, 0.3) is 0 Å². The first-order chi connectivity index (χ1) is 7.33. The molecule has 0 N–H and O–H groups in total. The maximum absolute atomic E-state index is 5.98. The topological polar surface area (TPSA) is 43.5 Å². The Bertz CT molecular complexity index is 311. The van der Waals surface area contributed by atoms with E-state index in [1.165, 1.54) is 6.42 Å². The van der Waals surface area contributed by atoms with Gasteiger partial charge in [0.05, 0.1) is 30.5 Å². The summed E-state index contributed by atoms with van der Waals surface area (Å²) in [6, 6.07) is 0. The molecule has 5 rings (SSSR count). The minimum atomic E-state index is -0.0993. The fourth-order valence-electron chi connectivity index (χ4n) is 3.88. The van der Waals surface area contributed by atoms with Crippen LogP contribution in [0, 0.1) is 11.8 Å². The van der Waals surface area contributed by atoms with Crippen LogP contribution in [0.5, 0.6) is 0 Å². The van der Waals surface area contributed by atoms with Gasteiger partial charge in [-0.2, -0.15) is 0 Å². The molecule has 0 aromatic heterocycles. The lowest BCUT2D eigenvalue weighted by molar-refractivity contribution is -0.100. The van der Waals surface area contributed by atoms with Gasteiger partial charge in [-0.05, 0) is 13.3 Å². The molecule has 5 aliphatic rings. The molecule has 4 heteroatoms. The van der Waals surface area contributed by atoms with Crippen LogP contribution in [0.1, 0.15) is 13.3 Å². The predicted octanol–water partition coefficient (Wildman–Crippen LogP) is 0.301. The molecular formula is C11H14O4. The second kappa shape index (κ2) is 2.25. The molecule has 3 heterocycles. The van der Waals surface area contributed by atoms with Crippen molar-refractivity contribution in [1.29, 1.82) is 0 Å². The van der Waals surface area contributed by atoms with Crippen LogP contribution in [0.3, 0.4) is 0 Å². The maximum Gasteiger partial charge on any atom is 0.187 e. The fraction of sp³-hybridized carbons (Fsp3) is 1.00. The molecule has 0 spiro atoms. The minimum absolute atomic E-state index is 0.0993. The molecule has 15 heavy (non-hydrogen) atoms. The molecule has 2 saturated carbocycles. The van der Waals surface area contributed by atoms with Gasteiger partial charge in [-0.15, -0.1) is 0 Å². The van der Waals surface area contributed by atoms with Crippen LogP contribution in [-0.2, 0) is 18.9 Å². The predicted molar refractivity (Wildman–Crippen MR) is 48.1 cm³/mol. The Balaban J connectivity index is 1.41. The molecule has 1 unspecified atom stereocenters. The quantitative estimate of drug-likeness (QED) is 0.584. The SMILES string of the molecule is C[C@@H]1O[C@@H]1C1O[C@@H]2[C@@H]3C[C@H]([C@H]4O[C@H]34)[C@@H]2O1. The zero-order chi connectivity index (χ0) is 9.73. The van der Waals surface area contributed by atoms with E-state index in [-0.39, 0.29) is 12.4 Å². The van der Waals surface area contributed by atoms with E-state index in [0.29, 0.717) is 42.4 Å². The van der Waals surface area contributed by atoms with Crippen molar-refractivity contribution in [3.63, 3.8) is 0 Å². The highest BCUT2D eigenvalue weighted by Gasteiger charge is 2.71. The summed E-state index contributed by atoms with van der Waals surface area (Å²) < 4.78 is 23.0. The van der Waals surface area contributed by atoms with E-state index in [4.69, 9.17) is 18.9 Å². The zero-order valence-corrected chi connectivity index (χ0v) is 8.54. The van der Waals surface area contributed by atoms with Crippen molar-refractivity contribution in [2.24, 2.45) is 11.8 Å². The molecule has 0 aromatic carbocycles. The second-order valence-corrected chi connectivity index (χ2v) is 5.50. The van der Waals surface area contributed by atoms with Crippen LogP contribution >= 0.6 is 0 Å². The van der Waals surface area contributed by atoms with Gasteiger partial charge in [0.1, 0.15) is 6.10 Å². The van der Waals surface area contributed by atoms with Gasteiger partial charge in [0.15, 0.2) is 6.29 Å². The van der Waals surface area contributed by atoms with Crippen molar-refractivity contribution >= 4 is 0 Å². The van der Waals surface area contributed by atoms with Crippen molar-refractivity contribution in [3.8, 4) is 0 Å². The third-order valence-corrected chi connectivity index (χ3v) is 4.73. The Morgan fingerprint density at radius 1 is 0.733 bits per heavy atom. The highest BCUT2D eigenvalue weighted by molar-refractivity contribution is 5.17. The van der Waals surface area contributed by atoms with Crippen LogP contribution in [-0.4, -0.2) is 42.9 Å². The lowest BCUT2D eigenvalue weighted by Gasteiger charge is -2.17. The molecule has 2 aliphatic carbocycles. The fourth-order valence-corrected chi connectivity index (χ4v) is 3.88. The Morgan fingerprint density at radius 2 is 1.27 bits per heavy atom. The number of rotatable bonds is 1. The number of fused-ring (bicyclic) bond motifs is 8. The summed E-state index contributed by atoms with van der Waals surface area (Å²) >= 11 is 0. The summed E-state index contributed by atoms with van der Waals surface area (Å²) in [6.07, 6.45) is 3.23. The van der Waals surface area contributed by atoms with Gasteiger partial charge in [0, 0.05) is 11.8 Å². The molecule has 0 aromatic rings. The highest BCUT2D eigenvalue weighted by atomic mass is 16.8. The van der Waals surface area contributed by atoms with Crippen molar-refractivity contribution in [2.75, 3.05) is 0 Å². The van der Waals surface area contributed by atoms with Crippen LogP contribution in [0.2, 0.25) is 0 Å². The molecule has 0 radical (unpaired) electrons. The van der Waals surface area contributed by atoms with E-state index in [1.54, 1.807) is 0 Å². The second-order valence-electron chi connectivity index (χ2n) is 5.50. The normalized spacial score (nSPS) is 69.4. The lowest BCUT2D eigenvalue weighted by Crippen LogP contribution is -2.33. The average molecular weight is 210 g/mol. The summed E-state index contributed by atoms with van der Waals surface area (Å²) in [5.41, 5.74) is 0. The number of epoxide rings is 2. The van der Waals surface area contributed by atoms with Crippen molar-refractivity contribution in [2.45, 2.75) is 56.3 Å². The Kier molecular flexibility index (Phi) is 1.20. The standard InChI is InChI=1S/C11H14O4/c1-3-6(12-3)11-14-9-4-2-5(10(9)15-11)8-7(4)13-8/h3-11H,2H2,1H3/t3-,4+,5+,6-,7+,8+,9-,10+,11?/m0/s1. The van der Waals surface area contributed by atoms with E-state index >= 15 is 0 Å². The first-order valence-electron chi connectivity index (χ1n) is 5.95. The summed E-state index contributed by atoms with van der Waals surface area (Å²) in [4.78, 5) is 0. The Labute approximate surface area is 87.8 Å². The maximum atomic E-state index is 5.98. The summed E-state index contributed by atoms with van der Waals surface area (Å²) in [5.74, 6) is 1.20. The molecule has 5 fully saturated rings. The van der Waals surface area contributed by atoms with E-state index in [2.05, 4.69) is 6.92 Å². The largest absolute Gasteiger partial charge is 0.369 e. The van der Waals surface area contributed by atoms with Crippen molar-refractivity contribution < 1.29 is 18.9 Å². The van der Waals surface area contributed by atoms with Gasteiger partial charge in [0.25, 0.3) is 0 Å². The van der Waals surface area contributed by atoms with E-state index in [0.717, 1.165) is 0 Å². The van der Waals surface area contributed by atoms with E-state index < -0.39 is 0 Å². The first-order valence-corrected chi connectivity index (χ1v) is 5.95. The van der Waals surface area contributed by atoms with Crippen LogP contribution in [0.4, 0.5) is 0 Å². The van der Waals surface area contributed by atoms with Gasteiger partial charge in [-0.25, -0.2) is 0 Å². The molecule has 0 amide bonds. The zero-order valence-electron chi connectivity index (χ0n) is 8.54. The van der Waals surface area contributed by atoms with Crippen molar-refractivity contribution in [3.05, 3.63) is 0 Å². The summed E-state index contributed by atoms with van der Waals surface area (Å²) in [5, 5.41) is 0. The van der Waals surface area contributed by atoms with Crippen molar-refractivity contribution in [1.82, 2.24) is 0 Å². The average Bonchev–Trinajstić information content (AvgIpc) is 3.03. The monoisotopic (exact) mass is 210 g/mol. The molecule has 2 bridgehead atoms. The van der Waals surface area contributed by atoms with E-state index in [1.807, 2.05) is 0 Å². The van der Waals surface area contributed by atoms with Gasteiger partial charge >= 0.3 is 0 Å². The highest BCUT2D eigenvalue weighted by Crippen LogP contribution is 2.60. The van der Waals surface area contributed by atoms with Gasteiger partial charge in [-0.1, -0.05) is 0 Å². The van der Waals surface area contributed by atoms with Gasteiger partial charge in [0.2, 0.25) is 0 Å². The first kappa shape index (κ1) is 8.01. The molecule has 3 saturated heterocycles. The van der Waals surface area contributed by atoms with Crippen LogP contribution < -0.4 is 0 Å².